The molecular weight excluding hydrogens is 412 g/mol. The molecule has 0 atom stereocenters. The molecule has 0 aliphatic carbocycles. The van der Waals surface area contributed by atoms with Crippen molar-refractivity contribution in [2.24, 2.45) is 5.10 Å². The minimum atomic E-state index is -0.425. The molecule has 0 saturated carbocycles. The number of hydrazone groups is 1. The normalized spacial score (nSPS) is 11.2. The molecular formula is C27H20N4O2. The van der Waals surface area contributed by atoms with E-state index in [1.807, 2.05) is 72.8 Å². The molecule has 0 spiro atoms. The molecule has 4 aromatic carbocycles. The third-order valence-corrected chi connectivity index (χ3v) is 5.42. The van der Waals surface area contributed by atoms with Crippen LogP contribution in [0.4, 0.5) is 0 Å². The number of rotatable bonds is 5. The van der Waals surface area contributed by atoms with Gasteiger partial charge in [-0.15, -0.1) is 0 Å². The lowest BCUT2D eigenvalue weighted by Crippen LogP contribution is -2.18. The van der Waals surface area contributed by atoms with Crippen LogP contribution < -0.4 is 5.43 Å². The van der Waals surface area contributed by atoms with E-state index >= 15 is 0 Å². The maximum atomic E-state index is 12.5. The van der Waals surface area contributed by atoms with E-state index in [1.54, 1.807) is 12.1 Å². The summed E-state index contributed by atoms with van der Waals surface area (Å²) in [5.74, 6) is -0.333. The van der Waals surface area contributed by atoms with Gasteiger partial charge in [0.05, 0.1) is 11.9 Å². The molecule has 0 saturated heterocycles. The molecule has 5 rings (SSSR count). The summed E-state index contributed by atoms with van der Waals surface area (Å²) in [5.41, 5.74) is 7.12. The molecule has 0 fully saturated rings. The van der Waals surface area contributed by atoms with Crippen molar-refractivity contribution >= 4 is 22.9 Å². The SMILES string of the molecule is O=C(NN=Cc1c(O)ccc2ccccc12)c1cc(-c2ccc(-c3ccccc3)cc2)n[nH]1. The Morgan fingerprint density at radius 3 is 2.36 bits per heavy atom. The highest BCUT2D eigenvalue weighted by Gasteiger charge is 2.11. The summed E-state index contributed by atoms with van der Waals surface area (Å²) in [6, 6.07) is 30.9. The molecule has 3 N–H and O–H groups in total. The van der Waals surface area contributed by atoms with Crippen LogP contribution in [0.2, 0.25) is 0 Å². The first kappa shape index (κ1) is 20.2. The average molecular weight is 432 g/mol. The van der Waals surface area contributed by atoms with Crippen LogP contribution in [0.15, 0.2) is 102 Å². The van der Waals surface area contributed by atoms with E-state index < -0.39 is 5.91 Å². The fourth-order valence-corrected chi connectivity index (χ4v) is 3.69. The van der Waals surface area contributed by atoms with E-state index in [-0.39, 0.29) is 11.4 Å². The third-order valence-electron chi connectivity index (χ3n) is 5.42. The summed E-state index contributed by atoms with van der Waals surface area (Å²) in [5, 5.41) is 23.0. The minimum absolute atomic E-state index is 0.0921. The number of aromatic hydroxyl groups is 1. The number of aromatic nitrogens is 2. The number of hydrogen-bond donors (Lipinski definition) is 3. The van der Waals surface area contributed by atoms with Crippen LogP contribution in [0.3, 0.4) is 0 Å². The quantitative estimate of drug-likeness (QED) is 0.258. The second-order valence-corrected chi connectivity index (χ2v) is 7.53. The summed E-state index contributed by atoms with van der Waals surface area (Å²) in [7, 11) is 0. The lowest BCUT2D eigenvalue weighted by Gasteiger charge is -2.04. The van der Waals surface area contributed by atoms with E-state index in [0.717, 1.165) is 27.5 Å². The number of nitrogens with one attached hydrogen (secondary N) is 2. The number of benzene rings is 4. The number of phenolic OH excluding ortho intramolecular Hbond substituents is 1. The Balaban J connectivity index is 1.30. The minimum Gasteiger partial charge on any atom is -0.507 e. The van der Waals surface area contributed by atoms with Crippen molar-refractivity contribution in [2.45, 2.75) is 0 Å². The Kier molecular flexibility index (Phi) is 5.39. The van der Waals surface area contributed by atoms with Crippen molar-refractivity contribution in [3.8, 4) is 28.1 Å². The molecule has 1 heterocycles. The van der Waals surface area contributed by atoms with Gasteiger partial charge in [0, 0.05) is 11.1 Å². The van der Waals surface area contributed by atoms with E-state index in [0.29, 0.717) is 11.3 Å². The van der Waals surface area contributed by atoms with Crippen LogP contribution >= 0.6 is 0 Å². The Morgan fingerprint density at radius 1 is 0.848 bits per heavy atom. The Bertz CT molecular complexity index is 1460. The van der Waals surface area contributed by atoms with Gasteiger partial charge in [0.1, 0.15) is 11.4 Å². The number of carbonyl (C=O) groups is 1. The van der Waals surface area contributed by atoms with Gasteiger partial charge >= 0.3 is 0 Å². The molecule has 0 aliphatic heterocycles. The largest absolute Gasteiger partial charge is 0.507 e. The van der Waals surface area contributed by atoms with Crippen molar-refractivity contribution in [3.63, 3.8) is 0 Å². The van der Waals surface area contributed by atoms with Gasteiger partial charge < -0.3 is 5.11 Å². The predicted octanol–water partition coefficient (Wildman–Crippen LogP) is 5.37. The number of phenols is 1. The van der Waals surface area contributed by atoms with Gasteiger partial charge in [-0.1, -0.05) is 84.9 Å². The number of hydrogen-bond acceptors (Lipinski definition) is 4. The zero-order valence-corrected chi connectivity index (χ0v) is 17.6. The molecule has 0 bridgehead atoms. The Morgan fingerprint density at radius 2 is 1.55 bits per heavy atom. The van der Waals surface area contributed by atoms with Gasteiger partial charge in [-0.3, -0.25) is 9.89 Å². The first-order valence-electron chi connectivity index (χ1n) is 10.4. The molecule has 0 aliphatic rings. The molecule has 6 heteroatoms. The predicted molar refractivity (Wildman–Crippen MR) is 130 cm³/mol. The lowest BCUT2D eigenvalue weighted by atomic mass is 10.0. The first-order chi connectivity index (χ1) is 16.2. The van der Waals surface area contributed by atoms with Crippen molar-refractivity contribution in [1.29, 1.82) is 0 Å². The van der Waals surface area contributed by atoms with E-state index in [1.165, 1.54) is 6.21 Å². The van der Waals surface area contributed by atoms with Crippen LogP contribution in [-0.4, -0.2) is 27.4 Å². The van der Waals surface area contributed by atoms with Gasteiger partial charge in [0.25, 0.3) is 5.91 Å². The van der Waals surface area contributed by atoms with Gasteiger partial charge in [-0.05, 0) is 34.0 Å². The topological polar surface area (TPSA) is 90.4 Å². The lowest BCUT2D eigenvalue weighted by molar-refractivity contribution is 0.0950. The number of H-pyrrole nitrogens is 1. The highest BCUT2D eigenvalue weighted by Crippen LogP contribution is 2.26. The van der Waals surface area contributed by atoms with Gasteiger partial charge in [-0.25, -0.2) is 5.43 Å². The van der Waals surface area contributed by atoms with E-state index in [2.05, 4.69) is 32.9 Å². The fraction of sp³-hybridized carbons (Fsp3) is 0. The maximum absolute atomic E-state index is 12.5. The van der Waals surface area contributed by atoms with Crippen LogP contribution in [0.1, 0.15) is 16.1 Å². The molecule has 5 aromatic rings. The molecule has 6 nitrogen and oxygen atoms in total. The number of carbonyl (C=O) groups excluding carboxylic acids is 1. The molecule has 1 aromatic heterocycles. The third kappa shape index (κ3) is 4.22. The molecule has 160 valence electrons. The smallest absolute Gasteiger partial charge is 0.289 e. The molecule has 33 heavy (non-hydrogen) atoms. The Hall–Kier alpha value is -4.71. The van der Waals surface area contributed by atoms with Gasteiger partial charge in [0.15, 0.2) is 0 Å². The summed E-state index contributed by atoms with van der Waals surface area (Å²) in [6.07, 6.45) is 1.44. The molecule has 0 unspecified atom stereocenters. The van der Waals surface area contributed by atoms with E-state index in [9.17, 15) is 9.90 Å². The van der Waals surface area contributed by atoms with Crippen LogP contribution in [0, 0.1) is 0 Å². The van der Waals surface area contributed by atoms with E-state index in [4.69, 9.17) is 0 Å². The molecule has 0 radical (unpaired) electrons. The zero-order valence-electron chi connectivity index (χ0n) is 17.6. The van der Waals surface area contributed by atoms with Crippen LogP contribution in [0.25, 0.3) is 33.2 Å². The second-order valence-electron chi connectivity index (χ2n) is 7.53. The number of amides is 1. The maximum Gasteiger partial charge on any atom is 0.289 e. The summed E-state index contributed by atoms with van der Waals surface area (Å²) in [6.45, 7) is 0. The van der Waals surface area contributed by atoms with Crippen molar-refractivity contribution in [1.82, 2.24) is 15.6 Å². The summed E-state index contributed by atoms with van der Waals surface area (Å²) < 4.78 is 0. The highest BCUT2D eigenvalue weighted by molar-refractivity contribution is 6.03. The Labute approximate surface area is 190 Å². The van der Waals surface area contributed by atoms with Gasteiger partial charge in [-0.2, -0.15) is 10.2 Å². The number of aromatic amines is 1. The van der Waals surface area contributed by atoms with Gasteiger partial charge in [0.2, 0.25) is 0 Å². The van der Waals surface area contributed by atoms with Crippen molar-refractivity contribution in [2.75, 3.05) is 0 Å². The van der Waals surface area contributed by atoms with Crippen LogP contribution in [0.5, 0.6) is 5.75 Å². The first-order valence-corrected chi connectivity index (χ1v) is 10.4. The monoisotopic (exact) mass is 432 g/mol. The van der Waals surface area contributed by atoms with Crippen molar-refractivity contribution in [3.05, 3.63) is 108 Å². The summed E-state index contributed by atoms with van der Waals surface area (Å²) in [4.78, 5) is 12.5. The number of nitrogens with zero attached hydrogens (tertiary/aromatic N) is 2. The average Bonchev–Trinajstić information content (AvgIpc) is 3.36. The second kappa shape index (κ2) is 8.80. The summed E-state index contributed by atoms with van der Waals surface area (Å²) >= 11 is 0. The standard InChI is InChI=1S/C27H20N4O2/c32-26-15-14-20-8-4-5-9-22(20)23(26)17-28-31-27(33)25-16-24(29-30-25)21-12-10-19(11-13-21)18-6-2-1-3-7-18/h1-17,32H,(H,29,30)(H,31,33). The van der Waals surface area contributed by atoms with Crippen LogP contribution in [-0.2, 0) is 0 Å². The fourth-order valence-electron chi connectivity index (χ4n) is 3.69. The number of fused-ring (bicyclic) bond motifs is 1. The van der Waals surface area contributed by atoms with Crippen molar-refractivity contribution < 1.29 is 9.90 Å². The zero-order chi connectivity index (χ0) is 22.6. The highest BCUT2D eigenvalue weighted by atomic mass is 16.3. The molecule has 1 amide bonds.